The first-order chi connectivity index (χ1) is 13.4. The Balaban J connectivity index is 2.98. The van der Waals surface area contributed by atoms with E-state index in [9.17, 15) is 0 Å². The molecule has 0 unspecified atom stereocenters. The summed E-state index contributed by atoms with van der Waals surface area (Å²) < 4.78 is 0. The summed E-state index contributed by atoms with van der Waals surface area (Å²) in [4.78, 5) is 12.1. The Morgan fingerprint density at radius 2 is 0.929 bits per heavy atom. The van der Waals surface area contributed by atoms with E-state index in [2.05, 4.69) is 54.4 Å². The number of aromatic nitrogens is 3. The van der Waals surface area contributed by atoms with E-state index in [1.807, 2.05) is 6.08 Å². The third-order valence-corrected chi connectivity index (χ3v) is 4.21. The second kappa shape index (κ2) is 8.96. The highest BCUT2D eigenvalue weighted by molar-refractivity contribution is 6.32. The van der Waals surface area contributed by atoms with Gasteiger partial charge in [-0.3, -0.25) is 0 Å². The number of rotatable bonds is 8. The van der Waals surface area contributed by atoms with Gasteiger partial charge in [-0.15, -0.1) is 0 Å². The van der Waals surface area contributed by atoms with Crippen LogP contribution in [0.5, 0.6) is 0 Å². The average Bonchev–Trinajstić information content (AvgIpc) is 2.69. The van der Waals surface area contributed by atoms with Crippen LogP contribution in [0.15, 0.2) is 45.5 Å². The molecule has 0 N–H and O–H groups in total. The van der Waals surface area contributed by atoms with Crippen molar-refractivity contribution in [1.82, 2.24) is 15.0 Å². The van der Waals surface area contributed by atoms with Gasteiger partial charge in [-0.25, -0.2) is 15.0 Å². The van der Waals surface area contributed by atoms with Gasteiger partial charge in [0.1, 0.15) is 0 Å². The van der Waals surface area contributed by atoms with Crippen LogP contribution in [0, 0.1) is 0 Å². The predicted octanol–water partition coefficient (Wildman–Crippen LogP) is 3.40. The number of nitrogens with zero attached hydrogens (tertiary/aromatic N) is 3. The molecule has 132 valence electrons. The second-order valence-electron chi connectivity index (χ2n) is 5.68. The average molecular weight is 359 g/mol. The Bertz CT molecular complexity index is 985. The zero-order chi connectivity index (χ0) is 20.8. The first-order valence-electron chi connectivity index (χ1n) is 8.43. The molecule has 2 aromatic rings. The molecule has 2 rings (SSSR count). The molecule has 0 aliphatic heterocycles. The lowest BCUT2D eigenvalue weighted by atomic mass is 9.85. The maximum absolute atomic E-state index is 5.71. The molecule has 0 bridgehead atoms. The van der Waals surface area contributed by atoms with Gasteiger partial charge in [-0.1, -0.05) is 75.9 Å². The molecular weight excluding hydrogens is 340 g/mol. The fourth-order valence-electron chi connectivity index (χ4n) is 3.03. The Kier molecular flexibility index (Phi) is 6.67. The molecule has 1 heterocycles. The molecule has 28 heavy (non-hydrogen) atoms. The Labute approximate surface area is 169 Å². The smallest absolute Gasteiger partial charge is 0.170 e. The number of hydrogen-bond donors (Lipinski definition) is 0. The molecule has 0 aliphatic carbocycles. The topological polar surface area (TPSA) is 38.7 Å². The summed E-state index contributed by atoms with van der Waals surface area (Å²) in [7, 11) is 11.4. The summed E-state index contributed by atoms with van der Waals surface area (Å²) in [5.41, 5.74) is 5.91. The summed E-state index contributed by atoms with van der Waals surface area (Å²) in [6.07, 6.45) is 12.3. The SMILES string of the molecule is [B]c1nc([B])nc(/C(C=C)=C/c2c(C=C)c(C=C)c(C=C)c(C=C)c2C=C)n1. The van der Waals surface area contributed by atoms with Crippen molar-refractivity contribution in [2.75, 3.05) is 0 Å². The van der Waals surface area contributed by atoms with Crippen molar-refractivity contribution in [3.63, 3.8) is 0 Å². The van der Waals surface area contributed by atoms with Crippen LogP contribution in [-0.4, -0.2) is 30.6 Å². The second-order valence-corrected chi connectivity index (χ2v) is 5.68. The summed E-state index contributed by atoms with van der Waals surface area (Å²) in [6, 6.07) is 0. The monoisotopic (exact) mass is 359 g/mol. The molecule has 0 saturated carbocycles. The highest BCUT2D eigenvalue weighted by Gasteiger charge is 2.17. The molecular formula is C23H19B2N3. The molecule has 5 heteroatoms. The highest BCUT2D eigenvalue weighted by atomic mass is 15.0. The predicted molar refractivity (Wildman–Crippen MR) is 126 cm³/mol. The van der Waals surface area contributed by atoms with Crippen molar-refractivity contribution in [2.45, 2.75) is 0 Å². The summed E-state index contributed by atoms with van der Waals surface area (Å²) in [5, 5.41) is 0. The van der Waals surface area contributed by atoms with E-state index in [-0.39, 0.29) is 11.4 Å². The fourth-order valence-corrected chi connectivity index (χ4v) is 3.03. The van der Waals surface area contributed by atoms with Crippen molar-refractivity contribution in [1.29, 1.82) is 0 Å². The molecule has 0 saturated heterocycles. The van der Waals surface area contributed by atoms with Crippen LogP contribution in [0.1, 0.15) is 39.2 Å². The zero-order valence-electron chi connectivity index (χ0n) is 15.8. The van der Waals surface area contributed by atoms with Crippen LogP contribution in [0.25, 0.3) is 42.0 Å². The number of hydrogen-bond acceptors (Lipinski definition) is 3. The maximum atomic E-state index is 5.71. The van der Waals surface area contributed by atoms with Crippen LogP contribution in [0.4, 0.5) is 0 Å². The maximum Gasteiger partial charge on any atom is 0.170 e. The number of benzene rings is 1. The van der Waals surface area contributed by atoms with Crippen molar-refractivity contribution in [3.05, 3.63) is 84.8 Å². The lowest BCUT2D eigenvalue weighted by molar-refractivity contribution is 1.10. The molecule has 1 aromatic heterocycles. The minimum absolute atomic E-state index is 0.0312. The van der Waals surface area contributed by atoms with Crippen LogP contribution >= 0.6 is 0 Å². The Morgan fingerprint density at radius 1 is 0.571 bits per heavy atom. The van der Waals surface area contributed by atoms with E-state index in [0.717, 1.165) is 33.4 Å². The molecule has 0 fully saturated rings. The van der Waals surface area contributed by atoms with E-state index >= 15 is 0 Å². The van der Waals surface area contributed by atoms with Gasteiger partial charge in [0.2, 0.25) is 0 Å². The van der Waals surface area contributed by atoms with Gasteiger partial charge >= 0.3 is 0 Å². The van der Waals surface area contributed by atoms with E-state index < -0.39 is 0 Å². The van der Waals surface area contributed by atoms with Gasteiger partial charge in [0, 0.05) is 5.57 Å². The minimum Gasteiger partial charge on any atom is -0.243 e. The summed E-state index contributed by atoms with van der Waals surface area (Å²) in [5.74, 6) is 0.318. The molecule has 0 amide bonds. The van der Waals surface area contributed by atoms with Gasteiger partial charge < -0.3 is 0 Å². The molecule has 4 radical (unpaired) electrons. The highest BCUT2D eigenvalue weighted by Crippen LogP contribution is 2.35. The Hall–Kier alpha value is -3.46. The van der Waals surface area contributed by atoms with E-state index in [4.69, 9.17) is 15.7 Å². The van der Waals surface area contributed by atoms with Crippen molar-refractivity contribution in [3.8, 4) is 0 Å². The minimum atomic E-state index is 0.0312. The molecule has 0 atom stereocenters. The fraction of sp³-hybridized carbons (Fsp3) is 0. The van der Waals surface area contributed by atoms with E-state index in [1.54, 1.807) is 36.5 Å². The molecule has 0 spiro atoms. The molecule has 1 aromatic carbocycles. The standard InChI is InChI=1S/C23H19B2N3/c1-7-14(21-26-22(24)28-23(25)27-21)13-20-18(11-5)16(9-3)15(8-2)17(10-4)19(20)12-6/h7-13H,1-6H2/b14-13+. The van der Waals surface area contributed by atoms with Gasteiger partial charge in [-0.2, -0.15) is 0 Å². The Morgan fingerprint density at radius 3 is 1.25 bits per heavy atom. The number of allylic oxidation sites excluding steroid dienone is 2. The van der Waals surface area contributed by atoms with Gasteiger partial charge in [0.25, 0.3) is 0 Å². The normalized spacial score (nSPS) is 10.8. The van der Waals surface area contributed by atoms with Crippen LogP contribution in [0.3, 0.4) is 0 Å². The quantitative estimate of drug-likeness (QED) is 0.536. The third kappa shape index (κ3) is 3.79. The van der Waals surface area contributed by atoms with Crippen LogP contribution < -0.4 is 11.4 Å². The largest absolute Gasteiger partial charge is 0.243 e. The van der Waals surface area contributed by atoms with E-state index in [0.29, 0.717) is 11.4 Å². The first kappa shape index (κ1) is 20.8. The van der Waals surface area contributed by atoms with Gasteiger partial charge in [0.05, 0.1) is 11.4 Å². The van der Waals surface area contributed by atoms with Gasteiger partial charge in [0.15, 0.2) is 21.5 Å². The zero-order valence-corrected chi connectivity index (χ0v) is 15.8. The lowest BCUT2D eigenvalue weighted by Gasteiger charge is -2.19. The van der Waals surface area contributed by atoms with Crippen molar-refractivity contribution >= 4 is 69.2 Å². The van der Waals surface area contributed by atoms with Crippen molar-refractivity contribution < 1.29 is 0 Å². The van der Waals surface area contributed by atoms with Gasteiger partial charge in [-0.05, 0) is 39.5 Å². The first-order valence-corrected chi connectivity index (χ1v) is 8.43. The van der Waals surface area contributed by atoms with E-state index in [1.165, 1.54) is 0 Å². The lowest BCUT2D eigenvalue weighted by Crippen LogP contribution is -2.28. The van der Waals surface area contributed by atoms with Crippen molar-refractivity contribution in [2.24, 2.45) is 0 Å². The molecule has 3 nitrogen and oxygen atoms in total. The van der Waals surface area contributed by atoms with Crippen LogP contribution in [0.2, 0.25) is 0 Å². The third-order valence-electron chi connectivity index (χ3n) is 4.21. The molecule has 0 aliphatic rings. The van der Waals surface area contributed by atoms with Crippen LogP contribution in [-0.2, 0) is 0 Å². The summed E-state index contributed by atoms with van der Waals surface area (Å²) >= 11 is 0. The summed E-state index contributed by atoms with van der Waals surface area (Å²) in [6.45, 7) is 23.6.